The molecule has 138 valence electrons. The van der Waals surface area contributed by atoms with Crippen LogP contribution in [-0.4, -0.2) is 23.9 Å². The number of likely N-dealkylation sites (tertiary alicyclic amines) is 1. The minimum Gasteiger partial charge on any atom is -0.337 e. The molecule has 0 unspecified atom stereocenters. The van der Waals surface area contributed by atoms with Gasteiger partial charge in [-0.2, -0.15) is 0 Å². The predicted molar refractivity (Wildman–Crippen MR) is 112 cm³/mol. The Balaban J connectivity index is 1.73. The summed E-state index contributed by atoms with van der Waals surface area (Å²) in [5.74, 6) is 6.30. The van der Waals surface area contributed by atoms with E-state index >= 15 is 0 Å². The van der Waals surface area contributed by atoms with Crippen LogP contribution in [0.3, 0.4) is 0 Å². The number of carbonyl (C=O) groups excluding carboxylic acids is 1. The SMILES string of the molecule is CC1(C)CN(C(=O)c2cccc(Cl)c2)CC/C1=C\C#Cc1cccc(Cl)c1. The maximum absolute atomic E-state index is 12.8. The van der Waals surface area contributed by atoms with Gasteiger partial charge in [0.2, 0.25) is 0 Å². The first kappa shape index (κ1) is 19.5. The van der Waals surface area contributed by atoms with Gasteiger partial charge in [-0.1, -0.05) is 66.6 Å². The monoisotopic (exact) mass is 397 g/mol. The molecule has 1 aliphatic heterocycles. The Morgan fingerprint density at radius 1 is 1.11 bits per heavy atom. The van der Waals surface area contributed by atoms with E-state index in [0.717, 1.165) is 12.0 Å². The molecule has 0 aromatic heterocycles. The quantitative estimate of drug-likeness (QED) is 0.553. The van der Waals surface area contributed by atoms with Gasteiger partial charge in [-0.3, -0.25) is 4.79 Å². The summed E-state index contributed by atoms with van der Waals surface area (Å²) in [4.78, 5) is 14.7. The van der Waals surface area contributed by atoms with Crippen LogP contribution in [0.2, 0.25) is 10.0 Å². The molecule has 1 heterocycles. The summed E-state index contributed by atoms with van der Waals surface area (Å²) < 4.78 is 0. The molecule has 2 aromatic rings. The number of allylic oxidation sites excluding steroid dienone is 1. The zero-order valence-electron chi connectivity index (χ0n) is 15.4. The molecule has 0 N–H and O–H groups in total. The molecule has 0 radical (unpaired) electrons. The van der Waals surface area contributed by atoms with E-state index in [2.05, 4.69) is 25.7 Å². The van der Waals surface area contributed by atoms with Crippen LogP contribution < -0.4 is 0 Å². The van der Waals surface area contributed by atoms with Crippen LogP contribution in [0.4, 0.5) is 0 Å². The number of nitrogens with zero attached hydrogens (tertiary/aromatic N) is 1. The summed E-state index contributed by atoms with van der Waals surface area (Å²) in [6, 6.07) is 14.6. The first-order valence-electron chi connectivity index (χ1n) is 8.87. The maximum atomic E-state index is 12.8. The fourth-order valence-electron chi connectivity index (χ4n) is 3.27. The Hall–Kier alpha value is -2.21. The van der Waals surface area contributed by atoms with E-state index in [9.17, 15) is 4.79 Å². The van der Waals surface area contributed by atoms with Gasteiger partial charge >= 0.3 is 0 Å². The van der Waals surface area contributed by atoms with Crippen molar-refractivity contribution in [3.05, 3.63) is 81.4 Å². The summed E-state index contributed by atoms with van der Waals surface area (Å²) in [5, 5.41) is 1.26. The molecule has 0 aliphatic carbocycles. The van der Waals surface area contributed by atoms with Crippen LogP contribution in [0.5, 0.6) is 0 Å². The van der Waals surface area contributed by atoms with Crippen LogP contribution in [0, 0.1) is 17.3 Å². The van der Waals surface area contributed by atoms with Crippen molar-refractivity contribution in [3.63, 3.8) is 0 Å². The number of benzene rings is 2. The van der Waals surface area contributed by atoms with Crippen LogP contribution in [-0.2, 0) is 0 Å². The third-order valence-corrected chi connectivity index (χ3v) is 5.22. The van der Waals surface area contributed by atoms with Crippen molar-refractivity contribution < 1.29 is 4.79 Å². The lowest BCUT2D eigenvalue weighted by Gasteiger charge is -2.40. The molecular formula is C23H21Cl2NO. The van der Waals surface area contributed by atoms with Crippen molar-refractivity contribution in [2.75, 3.05) is 13.1 Å². The first-order chi connectivity index (χ1) is 12.8. The molecule has 2 nitrogen and oxygen atoms in total. The molecule has 0 atom stereocenters. The fraction of sp³-hybridized carbons (Fsp3) is 0.261. The lowest BCUT2D eigenvalue weighted by atomic mass is 9.78. The zero-order chi connectivity index (χ0) is 19.4. The van der Waals surface area contributed by atoms with E-state index in [1.807, 2.05) is 41.3 Å². The molecule has 1 amide bonds. The second-order valence-corrected chi connectivity index (χ2v) is 8.19. The average Bonchev–Trinajstić information content (AvgIpc) is 2.62. The molecular weight excluding hydrogens is 377 g/mol. The zero-order valence-corrected chi connectivity index (χ0v) is 16.9. The number of piperidine rings is 1. The van der Waals surface area contributed by atoms with E-state index in [1.54, 1.807) is 18.2 Å². The van der Waals surface area contributed by atoms with Gasteiger partial charge in [0.15, 0.2) is 0 Å². The van der Waals surface area contributed by atoms with E-state index < -0.39 is 0 Å². The van der Waals surface area contributed by atoms with E-state index in [1.165, 1.54) is 5.57 Å². The molecule has 0 bridgehead atoms. The second kappa shape index (κ2) is 8.21. The summed E-state index contributed by atoms with van der Waals surface area (Å²) in [7, 11) is 0. The highest BCUT2D eigenvalue weighted by atomic mass is 35.5. The third-order valence-electron chi connectivity index (χ3n) is 4.75. The molecule has 1 fully saturated rings. The normalized spacial score (nSPS) is 17.3. The summed E-state index contributed by atoms with van der Waals surface area (Å²) in [5.41, 5.74) is 2.65. The Bertz CT molecular complexity index is 950. The van der Waals surface area contributed by atoms with Crippen molar-refractivity contribution in [1.82, 2.24) is 4.90 Å². The molecule has 0 spiro atoms. The molecule has 1 aliphatic rings. The Kier molecular flexibility index (Phi) is 5.95. The summed E-state index contributed by atoms with van der Waals surface area (Å²) in [6.45, 7) is 5.64. The Morgan fingerprint density at radius 2 is 1.81 bits per heavy atom. The van der Waals surface area contributed by atoms with E-state index in [0.29, 0.717) is 28.7 Å². The minimum absolute atomic E-state index is 0.0228. The average molecular weight is 398 g/mol. The van der Waals surface area contributed by atoms with Crippen molar-refractivity contribution in [1.29, 1.82) is 0 Å². The van der Waals surface area contributed by atoms with E-state index in [4.69, 9.17) is 23.2 Å². The second-order valence-electron chi connectivity index (χ2n) is 7.32. The summed E-state index contributed by atoms with van der Waals surface area (Å²) >= 11 is 12.0. The summed E-state index contributed by atoms with van der Waals surface area (Å²) in [6.07, 6.45) is 2.80. The smallest absolute Gasteiger partial charge is 0.253 e. The molecule has 27 heavy (non-hydrogen) atoms. The van der Waals surface area contributed by atoms with Gasteiger partial charge in [-0.15, -0.1) is 0 Å². The largest absolute Gasteiger partial charge is 0.337 e. The minimum atomic E-state index is -0.129. The van der Waals surface area contributed by atoms with Crippen molar-refractivity contribution in [2.24, 2.45) is 5.41 Å². The van der Waals surface area contributed by atoms with Crippen molar-refractivity contribution >= 4 is 29.1 Å². The molecule has 3 rings (SSSR count). The lowest BCUT2D eigenvalue weighted by Crippen LogP contribution is -2.44. The standard InChI is InChI=1S/C23H21Cl2NO/c1-23(2)16-26(22(27)18-8-5-11-21(25)15-18)13-12-19(23)9-3-6-17-7-4-10-20(24)14-17/h4-5,7-11,14-15H,12-13,16H2,1-2H3/b19-9+. The van der Waals surface area contributed by atoms with Gasteiger partial charge < -0.3 is 4.90 Å². The van der Waals surface area contributed by atoms with Gasteiger partial charge in [-0.25, -0.2) is 0 Å². The lowest BCUT2D eigenvalue weighted by molar-refractivity contribution is 0.0663. The number of amides is 1. The van der Waals surface area contributed by atoms with Crippen LogP contribution in [0.25, 0.3) is 0 Å². The molecule has 0 saturated carbocycles. The highest BCUT2D eigenvalue weighted by molar-refractivity contribution is 6.31. The molecule has 2 aromatic carbocycles. The maximum Gasteiger partial charge on any atom is 0.253 e. The number of hydrogen-bond donors (Lipinski definition) is 0. The van der Waals surface area contributed by atoms with Crippen molar-refractivity contribution in [2.45, 2.75) is 20.3 Å². The third kappa shape index (κ3) is 4.95. The van der Waals surface area contributed by atoms with Gasteiger partial charge in [0.25, 0.3) is 5.91 Å². The van der Waals surface area contributed by atoms with E-state index in [-0.39, 0.29) is 11.3 Å². The van der Waals surface area contributed by atoms with Crippen LogP contribution >= 0.6 is 23.2 Å². The van der Waals surface area contributed by atoms with Crippen LogP contribution in [0.1, 0.15) is 36.2 Å². The van der Waals surface area contributed by atoms with Crippen molar-refractivity contribution in [3.8, 4) is 11.8 Å². The molecule has 1 saturated heterocycles. The fourth-order valence-corrected chi connectivity index (χ4v) is 3.65. The van der Waals surface area contributed by atoms with Gasteiger partial charge in [0.05, 0.1) is 0 Å². The predicted octanol–water partition coefficient (Wildman–Crippen LogP) is 5.84. The van der Waals surface area contributed by atoms with Gasteiger partial charge in [0, 0.05) is 39.7 Å². The van der Waals surface area contributed by atoms with Crippen LogP contribution in [0.15, 0.2) is 60.2 Å². The van der Waals surface area contributed by atoms with Gasteiger partial charge in [0.1, 0.15) is 0 Å². The highest BCUT2D eigenvalue weighted by Gasteiger charge is 2.33. The van der Waals surface area contributed by atoms with Gasteiger partial charge in [-0.05, 0) is 48.9 Å². The molecule has 4 heteroatoms. The highest BCUT2D eigenvalue weighted by Crippen LogP contribution is 2.34. The number of hydrogen-bond acceptors (Lipinski definition) is 1. The number of rotatable bonds is 1. The Labute approximate surface area is 170 Å². The Morgan fingerprint density at radius 3 is 2.48 bits per heavy atom. The first-order valence-corrected chi connectivity index (χ1v) is 9.62. The topological polar surface area (TPSA) is 20.3 Å². The number of halogens is 2. The number of carbonyl (C=O) groups is 1.